The van der Waals surface area contributed by atoms with Crippen LogP contribution in [-0.2, 0) is 4.79 Å². The van der Waals surface area contributed by atoms with E-state index in [9.17, 15) is 4.79 Å². The number of carbonyl (C=O) groups is 1. The molecule has 0 spiro atoms. The first kappa shape index (κ1) is 10.7. The van der Waals surface area contributed by atoms with Crippen LogP contribution < -0.4 is 5.73 Å². The van der Waals surface area contributed by atoms with E-state index in [-0.39, 0.29) is 5.41 Å². The van der Waals surface area contributed by atoms with E-state index in [1.165, 1.54) is 12.8 Å². The number of carbonyl (C=O) groups excluding carboxylic acids is 1. The number of ketones is 1. The molecular weight excluding hydrogens is 162 g/mol. The van der Waals surface area contributed by atoms with Crippen LogP contribution in [0.2, 0.25) is 0 Å². The van der Waals surface area contributed by atoms with Gasteiger partial charge in [0, 0.05) is 18.4 Å². The zero-order chi connectivity index (χ0) is 9.90. The van der Waals surface area contributed by atoms with E-state index in [4.69, 9.17) is 5.73 Å². The Balaban J connectivity index is 2.55. The molecule has 1 fully saturated rings. The Morgan fingerprint density at radius 1 is 1.38 bits per heavy atom. The summed E-state index contributed by atoms with van der Waals surface area (Å²) in [7, 11) is 0. The molecule has 0 aromatic rings. The van der Waals surface area contributed by atoms with Gasteiger partial charge in [0.05, 0.1) is 0 Å². The van der Waals surface area contributed by atoms with Crippen molar-refractivity contribution < 1.29 is 4.79 Å². The predicted octanol–water partition coefficient (Wildman–Crippen LogP) is 2.12. The number of nitrogens with two attached hydrogens (primary N) is 1. The second-order valence-electron chi connectivity index (χ2n) is 4.26. The normalized spacial score (nSPS) is 17.5. The van der Waals surface area contributed by atoms with E-state index in [0.29, 0.717) is 18.2 Å². The Morgan fingerprint density at radius 3 is 2.23 bits per heavy atom. The molecule has 0 radical (unpaired) electrons. The highest BCUT2D eigenvalue weighted by Crippen LogP contribution is 2.37. The molecule has 0 atom stereocenters. The van der Waals surface area contributed by atoms with Crippen molar-refractivity contribution in [3.8, 4) is 0 Å². The number of rotatable bonds is 6. The van der Waals surface area contributed by atoms with Gasteiger partial charge in [-0.05, 0) is 31.6 Å². The largest absolute Gasteiger partial charge is 0.329 e. The maximum Gasteiger partial charge on any atom is 0.140 e. The van der Waals surface area contributed by atoms with E-state index in [1.807, 2.05) is 0 Å². The van der Waals surface area contributed by atoms with Crippen molar-refractivity contribution >= 4 is 5.78 Å². The summed E-state index contributed by atoms with van der Waals surface area (Å²) in [5, 5.41) is 0. The first-order valence-electron chi connectivity index (χ1n) is 5.42. The van der Waals surface area contributed by atoms with Gasteiger partial charge < -0.3 is 5.73 Å². The van der Waals surface area contributed by atoms with Crippen molar-refractivity contribution in [3.63, 3.8) is 0 Å². The Hall–Kier alpha value is -0.370. The summed E-state index contributed by atoms with van der Waals surface area (Å²) in [4.78, 5) is 11.9. The minimum Gasteiger partial charge on any atom is -0.329 e. The monoisotopic (exact) mass is 183 g/mol. The molecular formula is C11H21NO. The molecule has 76 valence electrons. The van der Waals surface area contributed by atoms with Crippen LogP contribution in [0.1, 0.15) is 46.0 Å². The van der Waals surface area contributed by atoms with Crippen molar-refractivity contribution in [2.75, 3.05) is 6.54 Å². The highest BCUT2D eigenvalue weighted by atomic mass is 16.1. The van der Waals surface area contributed by atoms with Gasteiger partial charge in [-0.1, -0.05) is 13.8 Å². The number of hydrogen-bond donors (Lipinski definition) is 1. The Morgan fingerprint density at radius 2 is 1.92 bits per heavy atom. The molecule has 0 aromatic heterocycles. The summed E-state index contributed by atoms with van der Waals surface area (Å²) in [6.07, 6.45) is 5.07. The Kier molecular flexibility index (Phi) is 3.48. The molecule has 2 N–H and O–H groups in total. The van der Waals surface area contributed by atoms with E-state index >= 15 is 0 Å². The molecule has 0 aliphatic heterocycles. The van der Waals surface area contributed by atoms with Crippen LogP contribution in [0.3, 0.4) is 0 Å². The van der Waals surface area contributed by atoms with Gasteiger partial charge in [0.25, 0.3) is 0 Å². The third-order valence-corrected chi connectivity index (χ3v) is 3.51. The summed E-state index contributed by atoms with van der Waals surface area (Å²) < 4.78 is 0. The zero-order valence-electron chi connectivity index (χ0n) is 8.81. The molecule has 2 heteroatoms. The second kappa shape index (κ2) is 4.23. The van der Waals surface area contributed by atoms with Gasteiger partial charge in [0.2, 0.25) is 0 Å². The van der Waals surface area contributed by atoms with Crippen LogP contribution in [0.5, 0.6) is 0 Å². The van der Waals surface area contributed by atoms with Crippen LogP contribution in [0.15, 0.2) is 0 Å². The van der Waals surface area contributed by atoms with Gasteiger partial charge in [-0.15, -0.1) is 0 Å². The molecule has 2 nitrogen and oxygen atoms in total. The molecule has 0 bridgehead atoms. The van der Waals surface area contributed by atoms with E-state index < -0.39 is 0 Å². The summed E-state index contributed by atoms with van der Waals surface area (Å²) in [6, 6.07) is 0. The van der Waals surface area contributed by atoms with Crippen molar-refractivity contribution in [1.29, 1.82) is 0 Å². The van der Waals surface area contributed by atoms with Crippen LogP contribution in [0.25, 0.3) is 0 Å². The molecule has 0 heterocycles. The van der Waals surface area contributed by atoms with Gasteiger partial charge in [-0.3, -0.25) is 4.79 Å². The van der Waals surface area contributed by atoms with E-state index in [1.54, 1.807) is 0 Å². The molecule has 1 aliphatic carbocycles. The van der Waals surface area contributed by atoms with E-state index in [2.05, 4.69) is 13.8 Å². The summed E-state index contributed by atoms with van der Waals surface area (Å²) >= 11 is 0. The summed E-state index contributed by atoms with van der Waals surface area (Å²) in [5.41, 5.74) is 5.50. The van der Waals surface area contributed by atoms with Crippen LogP contribution >= 0.6 is 0 Å². The van der Waals surface area contributed by atoms with Crippen molar-refractivity contribution in [1.82, 2.24) is 0 Å². The molecule has 1 rings (SSSR count). The van der Waals surface area contributed by atoms with Gasteiger partial charge in [0.15, 0.2) is 0 Å². The van der Waals surface area contributed by atoms with Gasteiger partial charge >= 0.3 is 0 Å². The first-order chi connectivity index (χ1) is 6.18. The number of hydrogen-bond acceptors (Lipinski definition) is 2. The van der Waals surface area contributed by atoms with Crippen molar-refractivity contribution in [3.05, 3.63) is 0 Å². The molecule has 1 saturated carbocycles. The lowest BCUT2D eigenvalue weighted by Gasteiger charge is -2.28. The zero-order valence-corrected chi connectivity index (χ0v) is 8.81. The first-order valence-corrected chi connectivity index (χ1v) is 5.42. The fraction of sp³-hybridized carbons (Fsp3) is 0.909. The smallest absolute Gasteiger partial charge is 0.140 e. The topological polar surface area (TPSA) is 43.1 Å². The van der Waals surface area contributed by atoms with Crippen molar-refractivity contribution in [2.45, 2.75) is 46.0 Å². The van der Waals surface area contributed by atoms with Crippen LogP contribution in [-0.4, -0.2) is 12.3 Å². The lowest BCUT2D eigenvalue weighted by Crippen LogP contribution is -2.37. The van der Waals surface area contributed by atoms with Gasteiger partial charge in [0.1, 0.15) is 5.78 Å². The quantitative estimate of drug-likeness (QED) is 0.685. The lowest BCUT2D eigenvalue weighted by atomic mass is 9.76. The highest BCUT2D eigenvalue weighted by molar-refractivity contribution is 5.85. The van der Waals surface area contributed by atoms with Crippen LogP contribution in [0, 0.1) is 11.3 Å². The average Bonchev–Trinajstić information content (AvgIpc) is 2.92. The molecule has 13 heavy (non-hydrogen) atoms. The van der Waals surface area contributed by atoms with E-state index in [0.717, 1.165) is 19.3 Å². The third kappa shape index (κ3) is 2.31. The minimum atomic E-state index is -0.206. The summed E-state index contributed by atoms with van der Waals surface area (Å²) in [6.45, 7) is 4.66. The standard InChI is InChI=1S/C11H21NO/c1-3-11(4-2,8-12)10(13)7-9-5-6-9/h9H,3-8,12H2,1-2H3. The Bertz CT molecular complexity index is 172. The molecule has 0 aromatic carbocycles. The maximum absolute atomic E-state index is 11.9. The van der Waals surface area contributed by atoms with Gasteiger partial charge in [-0.25, -0.2) is 0 Å². The summed E-state index contributed by atoms with van der Waals surface area (Å²) in [5.74, 6) is 1.10. The van der Waals surface area contributed by atoms with Gasteiger partial charge in [-0.2, -0.15) is 0 Å². The third-order valence-electron chi connectivity index (χ3n) is 3.51. The maximum atomic E-state index is 11.9. The lowest BCUT2D eigenvalue weighted by molar-refractivity contribution is -0.129. The van der Waals surface area contributed by atoms with Crippen LogP contribution in [0.4, 0.5) is 0 Å². The fourth-order valence-electron chi connectivity index (χ4n) is 1.85. The fourth-order valence-corrected chi connectivity index (χ4v) is 1.85. The number of Topliss-reactive ketones (excluding diaryl/α,β-unsaturated/α-hetero) is 1. The highest BCUT2D eigenvalue weighted by Gasteiger charge is 2.36. The van der Waals surface area contributed by atoms with Crippen molar-refractivity contribution in [2.24, 2.45) is 17.1 Å². The Labute approximate surface area is 80.9 Å². The molecule has 1 aliphatic rings. The molecule has 0 unspecified atom stereocenters. The SMILES string of the molecule is CCC(CC)(CN)C(=O)CC1CC1. The molecule has 0 amide bonds. The minimum absolute atomic E-state index is 0.206. The molecule has 0 saturated heterocycles. The predicted molar refractivity (Wildman–Crippen MR) is 54.4 cm³/mol. The second-order valence-corrected chi connectivity index (χ2v) is 4.26. The average molecular weight is 183 g/mol.